The number of nitro groups is 1. The lowest BCUT2D eigenvalue weighted by atomic mass is 10.2. The van der Waals surface area contributed by atoms with Crippen molar-refractivity contribution in [3.63, 3.8) is 0 Å². The van der Waals surface area contributed by atoms with Gasteiger partial charge in [0.2, 0.25) is 5.88 Å². The lowest BCUT2D eigenvalue weighted by Crippen LogP contribution is -1.91. The maximum atomic E-state index is 10.7. The van der Waals surface area contributed by atoms with E-state index in [0.29, 0.717) is 22.5 Å². The number of aromatic hydroxyl groups is 1. The molecule has 0 radical (unpaired) electrons. The smallest absolute Gasteiger partial charge is 0.270 e. The van der Waals surface area contributed by atoms with E-state index in [9.17, 15) is 15.2 Å². The number of ether oxygens (including phenoxy) is 1. The summed E-state index contributed by atoms with van der Waals surface area (Å²) < 4.78 is 5.50. The van der Waals surface area contributed by atoms with E-state index in [2.05, 4.69) is 4.98 Å². The van der Waals surface area contributed by atoms with Gasteiger partial charge in [0, 0.05) is 23.6 Å². The summed E-state index contributed by atoms with van der Waals surface area (Å²) in [4.78, 5) is 14.5. The number of benzene rings is 2. The van der Waals surface area contributed by atoms with Crippen molar-refractivity contribution < 1.29 is 14.8 Å². The summed E-state index contributed by atoms with van der Waals surface area (Å²) in [6.45, 7) is 0. The number of rotatable bonds is 3. The monoisotopic (exact) mass is 282 g/mol. The van der Waals surface area contributed by atoms with Gasteiger partial charge in [-0.25, -0.2) is 4.98 Å². The number of aromatic nitrogens is 1. The van der Waals surface area contributed by atoms with Crippen LogP contribution in [0.25, 0.3) is 10.9 Å². The molecular formula is C15H10N2O4. The van der Waals surface area contributed by atoms with Crippen molar-refractivity contribution in [1.82, 2.24) is 4.98 Å². The largest absolute Gasteiger partial charge is 0.504 e. The van der Waals surface area contributed by atoms with Crippen LogP contribution in [0.3, 0.4) is 0 Å². The Bertz CT molecular complexity index is 833. The van der Waals surface area contributed by atoms with Crippen molar-refractivity contribution in [2.24, 2.45) is 0 Å². The summed E-state index contributed by atoms with van der Waals surface area (Å²) in [6, 6.07) is 14.2. The SMILES string of the molecule is O=[N+]([O-])c1ccc2nc(Oc3ccccc3O)ccc2c1. The van der Waals surface area contributed by atoms with Gasteiger partial charge in [0.05, 0.1) is 10.4 Å². The fourth-order valence-electron chi connectivity index (χ4n) is 1.92. The minimum Gasteiger partial charge on any atom is -0.504 e. The molecule has 0 aliphatic carbocycles. The highest BCUT2D eigenvalue weighted by atomic mass is 16.6. The molecule has 0 saturated carbocycles. The van der Waals surface area contributed by atoms with Crippen molar-refractivity contribution in [1.29, 1.82) is 0 Å². The van der Waals surface area contributed by atoms with Gasteiger partial charge in [0.1, 0.15) is 0 Å². The topological polar surface area (TPSA) is 85.5 Å². The number of non-ortho nitro benzene ring substituents is 1. The van der Waals surface area contributed by atoms with E-state index in [-0.39, 0.29) is 11.4 Å². The average molecular weight is 282 g/mol. The van der Waals surface area contributed by atoms with E-state index >= 15 is 0 Å². The van der Waals surface area contributed by atoms with E-state index in [1.807, 2.05) is 0 Å². The normalized spacial score (nSPS) is 10.5. The summed E-state index contributed by atoms with van der Waals surface area (Å²) in [5, 5.41) is 21.0. The third-order valence-electron chi connectivity index (χ3n) is 2.94. The highest BCUT2D eigenvalue weighted by Gasteiger charge is 2.09. The number of pyridine rings is 1. The van der Waals surface area contributed by atoms with Crippen LogP contribution < -0.4 is 4.74 Å². The predicted octanol–water partition coefficient (Wildman–Crippen LogP) is 3.64. The fourth-order valence-corrected chi connectivity index (χ4v) is 1.92. The average Bonchev–Trinajstić information content (AvgIpc) is 2.49. The van der Waals surface area contributed by atoms with Crippen LogP contribution in [0.5, 0.6) is 17.4 Å². The third kappa shape index (κ3) is 2.59. The minimum atomic E-state index is -0.453. The second-order valence-corrected chi connectivity index (χ2v) is 4.35. The first-order valence-corrected chi connectivity index (χ1v) is 6.14. The van der Waals surface area contributed by atoms with Crippen molar-refractivity contribution >= 4 is 16.6 Å². The van der Waals surface area contributed by atoms with Gasteiger partial charge in [-0.05, 0) is 24.3 Å². The molecule has 0 bridgehead atoms. The van der Waals surface area contributed by atoms with Crippen LogP contribution in [0, 0.1) is 10.1 Å². The van der Waals surface area contributed by atoms with Gasteiger partial charge in [-0.1, -0.05) is 12.1 Å². The lowest BCUT2D eigenvalue weighted by molar-refractivity contribution is -0.384. The molecule has 6 heteroatoms. The third-order valence-corrected chi connectivity index (χ3v) is 2.94. The van der Waals surface area contributed by atoms with Gasteiger partial charge >= 0.3 is 0 Å². The first-order valence-electron chi connectivity index (χ1n) is 6.14. The van der Waals surface area contributed by atoms with Crippen LogP contribution in [0.2, 0.25) is 0 Å². The second-order valence-electron chi connectivity index (χ2n) is 4.35. The molecular weight excluding hydrogens is 272 g/mol. The van der Waals surface area contributed by atoms with Gasteiger partial charge in [0.25, 0.3) is 5.69 Å². The van der Waals surface area contributed by atoms with Gasteiger partial charge < -0.3 is 9.84 Å². The highest BCUT2D eigenvalue weighted by Crippen LogP contribution is 2.30. The van der Waals surface area contributed by atoms with Crippen molar-refractivity contribution in [2.75, 3.05) is 0 Å². The van der Waals surface area contributed by atoms with Crippen LogP contribution in [0.4, 0.5) is 5.69 Å². The molecule has 1 heterocycles. The zero-order chi connectivity index (χ0) is 14.8. The molecule has 2 aromatic carbocycles. The fraction of sp³-hybridized carbons (Fsp3) is 0. The van der Waals surface area contributed by atoms with E-state index in [1.165, 1.54) is 18.2 Å². The molecule has 6 nitrogen and oxygen atoms in total. The number of nitrogens with zero attached hydrogens (tertiary/aromatic N) is 2. The molecule has 0 spiro atoms. The first kappa shape index (κ1) is 12.9. The standard InChI is InChI=1S/C15H10N2O4/c18-13-3-1-2-4-14(13)21-15-8-5-10-9-11(17(19)20)6-7-12(10)16-15/h1-9,18H. The summed E-state index contributed by atoms with van der Waals surface area (Å²) in [5.74, 6) is 0.618. The molecule has 104 valence electrons. The Hall–Kier alpha value is -3.15. The minimum absolute atomic E-state index is 0.0127. The summed E-state index contributed by atoms with van der Waals surface area (Å²) in [7, 11) is 0. The van der Waals surface area contributed by atoms with Crippen molar-refractivity contribution in [2.45, 2.75) is 0 Å². The molecule has 0 atom stereocenters. The molecule has 0 aliphatic rings. The van der Waals surface area contributed by atoms with E-state index in [1.54, 1.807) is 36.4 Å². The predicted molar refractivity (Wildman–Crippen MR) is 76.6 cm³/mol. The van der Waals surface area contributed by atoms with Gasteiger partial charge in [-0.2, -0.15) is 0 Å². The molecule has 0 amide bonds. The van der Waals surface area contributed by atoms with Crippen LogP contribution in [0.15, 0.2) is 54.6 Å². The Labute approximate surface area is 119 Å². The number of phenols is 1. The Morgan fingerprint density at radius 2 is 1.90 bits per heavy atom. The van der Waals surface area contributed by atoms with Crippen molar-refractivity contribution in [3.05, 3.63) is 64.7 Å². The molecule has 0 saturated heterocycles. The molecule has 0 fully saturated rings. The van der Waals surface area contributed by atoms with Crippen molar-refractivity contribution in [3.8, 4) is 17.4 Å². The summed E-state index contributed by atoms with van der Waals surface area (Å²) in [5.41, 5.74) is 0.590. The molecule has 1 N–H and O–H groups in total. The summed E-state index contributed by atoms with van der Waals surface area (Å²) >= 11 is 0. The number of para-hydroxylation sites is 2. The van der Waals surface area contributed by atoms with Gasteiger partial charge in [-0.15, -0.1) is 0 Å². The molecule has 3 rings (SSSR count). The number of hydrogen-bond acceptors (Lipinski definition) is 5. The van der Waals surface area contributed by atoms with Gasteiger partial charge in [0.15, 0.2) is 11.5 Å². The maximum absolute atomic E-state index is 10.7. The molecule has 21 heavy (non-hydrogen) atoms. The van der Waals surface area contributed by atoms with E-state index in [0.717, 1.165) is 0 Å². The quantitative estimate of drug-likeness (QED) is 0.585. The number of nitro benzene ring substituents is 1. The molecule has 3 aromatic rings. The number of phenolic OH excluding ortho intramolecular Hbond substituents is 1. The second kappa shape index (κ2) is 5.09. The zero-order valence-electron chi connectivity index (χ0n) is 10.8. The zero-order valence-corrected chi connectivity index (χ0v) is 10.8. The van der Waals surface area contributed by atoms with E-state index < -0.39 is 4.92 Å². The highest BCUT2D eigenvalue weighted by molar-refractivity contribution is 5.81. The Balaban J connectivity index is 1.96. The van der Waals surface area contributed by atoms with Crippen LogP contribution in [-0.4, -0.2) is 15.0 Å². The summed E-state index contributed by atoms with van der Waals surface area (Å²) in [6.07, 6.45) is 0. The molecule has 0 aliphatic heterocycles. The van der Waals surface area contributed by atoms with Crippen LogP contribution in [-0.2, 0) is 0 Å². The van der Waals surface area contributed by atoms with Crippen LogP contribution >= 0.6 is 0 Å². The number of fused-ring (bicyclic) bond motifs is 1. The van der Waals surface area contributed by atoms with Crippen LogP contribution in [0.1, 0.15) is 0 Å². The molecule has 1 aromatic heterocycles. The Morgan fingerprint density at radius 3 is 2.67 bits per heavy atom. The maximum Gasteiger partial charge on any atom is 0.270 e. The van der Waals surface area contributed by atoms with Gasteiger partial charge in [-0.3, -0.25) is 10.1 Å². The Kier molecular flexibility index (Phi) is 3.12. The Morgan fingerprint density at radius 1 is 1.10 bits per heavy atom. The number of hydrogen-bond donors (Lipinski definition) is 1. The lowest BCUT2D eigenvalue weighted by Gasteiger charge is -2.07. The first-order chi connectivity index (χ1) is 10.1. The van der Waals surface area contributed by atoms with E-state index in [4.69, 9.17) is 4.74 Å². The molecule has 0 unspecified atom stereocenters.